The topological polar surface area (TPSA) is 57.6 Å². The third-order valence-electron chi connectivity index (χ3n) is 2.57. The molecule has 0 fully saturated rings. The fraction of sp³-hybridized carbons (Fsp3) is 0.857. The van der Waals surface area contributed by atoms with Crippen molar-refractivity contribution in [2.24, 2.45) is 17.8 Å². The highest BCUT2D eigenvalue weighted by Gasteiger charge is 2.19. The van der Waals surface area contributed by atoms with E-state index in [9.17, 15) is 9.59 Å². The van der Waals surface area contributed by atoms with Gasteiger partial charge in [0, 0.05) is 25.9 Å². The summed E-state index contributed by atoms with van der Waals surface area (Å²) in [5.41, 5.74) is 0. The maximum atomic E-state index is 12.1. The van der Waals surface area contributed by atoms with E-state index >= 15 is 0 Å². The molecule has 0 aliphatic rings. The number of nitrogens with zero attached hydrogens (tertiary/aromatic N) is 1. The predicted octanol–water partition coefficient (Wildman–Crippen LogP) is 2.63. The molecule has 0 bridgehead atoms. The number of carboxylic acids is 1. The number of carboxylic acid groups (broad SMARTS) is 1. The molecule has 1 unspecified atom stereocenters. The van der Waals surface area contributed by atoms with Crippen LogP contribution < -0.4 is 0 Å². The van der Waals surface area contributed by atoms with E-state index in [-0.39, 0.29) is 18.2 Å². The zero-order chi connectivity index (χ0) is 14.3. The zero-order valence-electron chi connectivity index (χ0n) is 12.3. The quantitative estimate of drug-likeness (QED) is 0.727. The highest BCUT2D eigenvalue weighted by Crippen LogP contribution is 2.12. The number of aliphatic carboxylic acids is 1. The Kier molecular flexibility index (Phi) is 7.64. The molecular weight excluding hydrogens is 230 g/mol. The van der Waals surface area contributed by atoms with Crippen molar-refractivity contribution in [1.82, 2.24) is 4.90 Å². The standard InChI is InChI=1S/C14H27NO3/c1-10(2)8-15(9-11(3)4)13(16)6-12(5)7-14(17)18/h10-12H,6-9H2,1-5H3,(H,17,18). The number of carbonyl (C=O) groups excluding carboxylic acids is 1. The highest BCUT2D eigenvalue weighted by atomic mass is 16.4. The van der Waals surface area contributed by atoms with Crippen LogP contribution in [0.25, 0.3) is 0 Å². The molecule has 1 atom stereocenters. The van der Waals surface area contributed by atoms with Crippen LogP contribution in [0.4, 0.5) is 0 Å². The van der Waals surface area contributed by atoms with E-state index in [1.807, 2.05) is 11.8 Å². The van der Waals surface area contributed by atoms with Crippen molar-refractivity contribution in [2.45, 2.75) is 47.5 Å². The fourth-order valence-electron chi connectivity index (χ4n) is 1.96. The Hall–Kier alpha value is -1.06. The van der Waals surface area contributed by atoms with Crippen LogP contribution in [0.2, 0.25) is 0 Å². The molecule has 0 aromatic rings. The number of hydrogen-bond acceptors (Lipinski definition) is 2. The molecule has 0 rings (SSSR count). The molecule has 4 heteroatoms. The average molecular weight is 257 g/mol. The minimum absolute atomic E-state index is 0.0585. The molecule has 18 heavy (non-hydrogen) atoms. The number of amides is 1. The Morgan fingerprint density at radius 3 is 1.72 bits per heavy atom. The van der Waals surface area contributed by atoms with E-state index in [1.54, 1.807) is 0 Å². The summed E-state index contributed by atoms with van der Waals surface area (Å²) < 4.78 is 0. The maximum absolute atomic E-state index is 12.1. The van der Waals surface area contributed by atoms with Crippen LogP contribution in [0.5, 0.6) is 0 Å². The molecule has 0 spiro atoms. The molecule has 4 nitrogen and oxygen atoms in total. The lowest BCUT2D eigenvalue weighted by Crippen LogP contribution is -2.37. The molecule has 0 saturated carbocycles. The summed E-state index contributed by atoms with van der Waals surface area (Å²) in [4.78, 5) is 24.6. The van der Waals surface area contributed by atoms with E-state index < -0.39 is 5.97 Å². The molecule has 0 saturated heterocycles. The predicted molar refractivity (Wildman–Crippen MR) is 72.3 cm³/mol. The molecule has 0 aliphatic carbocycles. The van der Waals surface area contributed by atoms with Gasteiger partial charge in [0.25, 0.3) is 0 Å². The van der Waals surface area contributed by atoms with Gasteiger partial charge in [0.15, 0.2) is 0 Å². The molecular formula is C14H27NO3. The van der Waals surface area contributed by atoms with Crippen molar-refractivity contribution >= 4 is 11.9 Å². The van der Waals surface area contributed by atoms with E-state index in [1.165, 1.54) is 0 Å². The van der Waals surface area contributed by atoms with Crippen molar-refractivity contribution < 1.29 is 14.7 Å². The maximum Gasteiger partial charge on any atom is 0.303 e. The number of carbonyl (C=O) groups is 2. The van der Waals surface area contributed by atoms with Gasteiger partial charge in [0.1, 0.15) is 0 Å². The first-order valence-corrected chi connectivity index (χ1v) is 6.71. The van der Waals surface area contributed by atoms with Crippen molar-refractivity contribution in [3.63, 3.8) is 0 Å². The lowest BCUT2D eigenvalue weighted by atomic mass is 10.0. The average Bonchev–Trinajstić information content (AvgIpc) is 2.13. The summed E-state index contributed by atoms with van der Waals surface area (Å²) in [7, 11) is 0. The summed E-state index contributed by atoms with van der Waals surface area (Å²) in [6.07, 6.45) is 0.384. The lowest BCUT2D eigenvalue weighted by Gasteiger charge is -2.27. The number of rotatable bonds is 8. The van der Waals surface area contributed by atoms with Gasteiger partial charge in [-0.1, -0.05) is 34.6 Å². The summed E-state index contributed by atoms with van der Waals surface area (Å²) in [5.74, 6) is 0.00232. The van der Waals surface area contributed by atoms with Gasteiger partial charge in [-0.2, -0.15) is 0 Å². The Labute approximate surface area is 110 Å². The van der Waals surface area contributed by atoms with E-state index in [2.05, 4.69) is 27.7 Å². The Balaban J connectivity index is 4.40. The number of hydrogen-bond donors (Lipinski definition) is 1. The van der Waals surface area contributed by atoms with Crippen LogP contribution >= 0.6 is 0 Å². The molecule has 0 aliphatic heterocycles. The van der Waals surface area contributed by atoms with Gasteiger partial charge in [-0.05, 0) is 17.8 Å². The van der Waals surface area contributed by atoms with E-state index in [0.29, 0.717) is 18.3 Å². The van der Waals surface area contributed by atoms with Crippen molar-refractivity contribution in [2.75, 3.05) is 13.1 Å². The molecule has 0 aromatic heterocycles. The molecule has 106 valence electrons. The summed E-state index contributed by atoms with van der Waals surface area (Å²) in [6, 6.07) is 0. The molecule has 1 N–H and O–H groups in total. The van der Waals surface area contributed by atoms with Gasteiger partial charge in [-0.3, -0.25) is 9.59 Å². The zero-order valence-corrected chi connectivity index (χ0v) is 12.3. The highest BCUT2D eigenvalue weighted by molar-refractivity contribution is 5.77. The first kappa shape index (κ1) is 16.9. The summed E-state index contributed by atoms with van der Waals surface area (Å²) in [5, 5.41) is 8.70. The minimum Gasteiger partial charge on any atom is -0.481 e. The second-order valence-electron chi connectivity index (χ2n) is 5.99. The minimum atomic E-state index is -0.838. The second-order valence-corrected chi connectivity index (χ2v) is 5.99. The van der Waals surface area contributed by atoms with Crippen LogP contribution in [0, 0.1) is 17.8 Å². The van der Waals surface area contributed by atoms with Crippen molar-refractivity contribution in [3.05, 3.63) is 0 Å². The first-order chi connectivity index (χ1) is 8.22. The third-order valence-corrected chi connectivity index (χ3v) is 2.57. The van der Waals surface area contributed by atoms with Gasteiger partial charge in [0.05, 0.1) is 0 Å². The summed E-state index contributed by atoms with van der Waals surface area (Å²) in [6.45, 7) is 11.6. The molecule has 1 amide bonds. The second kappa shape index (κ2) is 8.11. The van der Waals surface area contributed by atoms with Gasteiger partial charge in [0.2, 0.25) is 5.91 Å². The third kappa shape index (κ3) is 8.09. The Morgan fingerprint density at radius 2 is 1.39 bits per heavy atom. The normalized spacial score (nSPS) is 12.8. The van der Waals surface area contributed by atoms with Gasteiger partial charge in [-0.25, -0.2) is 0 Å². The van der Waals surface area contributed by atoms with Crippen molar-refractivity contribution in [1.29, 1.82) is 0 Å². The van der Waals surface area contributed by atoms with Crippen LogP contribution in [0.3, 0.4) is 0 Å². The van der Waals surface area contributed by atoms with Crippen molar-refractivity contribution in [3.8, 4) is 0 Å². The van der Waals surface area contributed by atoms with Gasteiger partial charge >= 0.3 is 5.97 Å². The van der Waals surface area contributed by atoms with Crippen LogP contribution in [0.15, 0.2) is 0 Å². The lowest BCUT2D eigenvalue weighted by molar-refractivity contribution is -0.138. The largest absolute Gasteiger partial charge is 0.481 e. The molecule has 0 heterocycles. The van der Waals surface area contributed by atoms with Gasteiger partial charge in [-0.15, -0.1) is 0 Å². The van der Waals surface area contributed by atoms with Crippen LogP contribution in [-0.4, -0.2) is 35.0 Å². The summed E-state index contributed by atoms with van der Waals surface area (Å²) >= 11 is 0. The molecule has 0 radical (unpaired) electrons. The van der Waals surface area contributed by atoms with E-state index in [4.69, 9.17) is 5.11 Å². The Bertz CT molecular complexity index is 264. The van der Waals surface area contributed by atoms with E-state index in [0.717, 1.165) is 13.1 Å². The Morgan fingerprint density at radius 1 is 0.944 bits per heavy atom. The van der Waals surface area contributed by atoms with Crippen LogP contribution in [-0.2, 0) is 9.59 Å². The smallest absolute Gasteiger partial charge is 0.303 e. The monoisotopic (exact) mass is 257 g/mol. The van der Waals surface area contributed by atoms with Gasteiger partial charge < -0.3 is 10.0 Å². The molecule has 0 aromatic carbocycles. The first-order valence-electron chi connectivity index (χ1n) is 6.71. The SMILES string of the molecule is CC(C)CN(CC(C)C)C(=O)CC(C)CC(=O)O. The fourth-order valence-corrected chi connectivity index (χ4v) is 1.96. The van der Waals surface area contributed by atoms with Crippen LogP contribution in [0.1, 0.15) is 47.5 Å².